The molecule has 0 spiro atoms. The molecule has 9 heteroatoms. The molecule has 1 saturated carbocycles. The van der Waals surface area contributed by atoms with Crippen molar-refractivity contribution in [2.24, 2.45) is 11.8 Å². The highest BCUT2D eigenvalue weighted by Crippen LogP contribution is 2.36. The molecule has 1 aliphatic heterocycles. The Morgan fingerprint density at radius 2 is 1.70 bits per heavy atom. The van der Waals surface area contributed by atoms with Crippen molar-refractivity contribution in [3.05, 3.63) is 66.2 Å². The van der Waals surface area contributed by atoms with Gasteiger partial charge >= 0.3 is 6.03 Å². The van der Waals surface area contributed by atoms with Gasteiger partial charge in [0.1, 0.15) is 6.10 Å². The second kappa shape index (κ2) is 13.5. The number of para-hydroxylation sites is 1. The maximum Gasteiger partial charge on any atom is 0.321 e. The van der Waals surface area contributed by atoms with Gasteiger partial charge < -0.3 is 30.3 Å². The van der Waals surface area contributed by atoms with Crippen molar-refractivity contribution >= 4 is 40.0 Å². The molecule has 0 aromatic heterocycles. The Morgan fingerprint density at radius 3 is 2.47 bits per heavy atom. The van der Waals surface area contributed by atoms with Crippen LogP contribution >= 0.6 is 0 Å². The lowest BCUT2D eigenvalue weighted by Crippen LogP contribution is -2.50. The van der Waals surface area contributed by atoms with Crippen molar-refractivity contribution in [3.63, 3.8) is 0 Å². The minimum absolute atomic E-state index is 0.0667. The van der Waals surface area contributed by atoms with E-state index in [9.17, 15) is 19.5 Å². The minimum Gasteiger partial charge on any atom is -0.485 e. The summed E-state index contributed by atoms with van der Waals surface area (Å²) in [5.74, 6) is -0.300. The number of amides is 4. The van der Waals surface area contributed by atoms with Crippen LogP contribution in [0.5, 0.6) is 5.75 Å². The molecule has 228 valence electrons. The van der Waals surface area contributed by atoms with Gasteiger partial charge in [0.2, 0.25) is 5.91 Å². The Hall–Kier alpha value is -4.11. The lowest BCUT2D eigenvalue weighted by Gasteiger charge is -2.38. The van der Waals surface area contributed by atoms with Crippen molar-refractivity contribution < 1.29 is 24.2 Å². The van der Waals surface area contributed by atoms with Gasteiger partial charge in [-0.25, -0.2) is 4.79 Å². The monoisotopic (exact) mass is 586 g/mol. The lowest BCUT2D eigenvalue weighted by atomic mass is 9.88. The summed E-state index contributed by atoms with van der Waals surface area (Å²) in [7, 11) is 1.71. The van der Waals surface area contributed by atoms with Crippen LogP contribution in [0.4, 0.5) is 16.2 Å². The normalized spacial score (nSPS) is 19.9. The number of anilines is 2. The van der Waals surface area contributed by atoms with Crippen molar-refractivity contribution in [3.8, 4) is 5.75 Å². The van der Waals surface area contributed by atoms with Crippen molar-refractivity contribution in [1.29, 1.82) is 0 Å². The second-order valence-electron chi connectivity index (χ2n) is 12.0. The fraction of sp³-hybridized carbons (Fsp3) is 0.441. The summed E-state index contributed by atoms with van der Waals surface area (Å²) in [4.78, 5) is 43.6. The highest BCUT2D eigenvalue weighted by Gasteiger charge is 2.35. The summed E-state index contributed by atoms with van der Waals surface area (Å²) >= 11 is 0. The van der Waals surface area contributed by atoms with Crippen LogP contribution in [0.15, 0.2) is 60.7 Å². The molecule has 3 N–H and O–H groups in total. The number of urea groups is 1. The van der Waals surface area contributed by atoms with E-state index in [2.05, 4.69) is 10.6 Å². The molecule has 0 radical (unpaired) electrons. The molecule has 0 unspecified atom stereocenters. The van der Waals surface area contributed by atoms with Crippen molar-refractivity contribution in [2.75, 3.05) is 37.4 Å². The molecule has 3 aromatic rings. The van der Waals surface area contributed by atoms with Crippen LogP contribution in [0.3, 0.4) is 0 Å². The first-order chi connectivity index (χ1) is 20.8. The largest absolute Gasteiger partial charge is 0.485 e. The van der Waals surface area contributed by atoms with E-state index >= 15 is 0 Å². The molecule has 1 aliphatic carbocycles. The molecule has 0 saturated heterocycles. The summed E-state index contributed by atoms with van der Waals surface area (Å²) < 4.78 is 6.60. The van der Waals surface area contributed by atoms with Gasteiger partial charge in [-0.3, -0.25) is 9.59 Å². The number of nitrogens with one attached hydrogen (secondary N) is 2. The Labute approximate surface area is 253 Å². The third-order valence-corrected chi connectivity index (χ3v) is 8.76. The first-order valence-corrected chi connectivity index (χ1v) is 15.3. The quantitative estimate of drug-likeness (QED) is 0.327. The van der Waals surface area contributed by atoms with Crippen molar-refractivity contribution in [2.45, 2.75) is 58.1 Å². The highest BCUT2D eigenvalue weighted by molar-refractivity contribution is 6.03. The summed E-state index contributed by atoms with van der Waals surface area (Å²) in [6, 6.07) is 18.1. The first kappa shape index (κ1) is 30.4. The SMILES string of the molecule is C[C@@H]1CN([C@H](C)CO)C(=O)c2cccc(NC(=O)C3CCCCC3)c2O[C@@H]1CN(C)C(=O)Nc1cccc2ccccc12. The average Bonchev–Trinajstić information content (AvgIpc) is 3.03. The maximum absolute atomic E-state index is 13.8. The topological polar surface area (TPSA) is 111 Å². The molecule has 4 amide bonds. The Kier molecular flexibility index (Phi) is 9.50. The molecule has 5 rings (SSSR count). The number of hydrogen-bond donors (Lipinski definition) is 3. The molecule has 0 bridgehead atoms. The van der Waals surface area contributed by atoms with Crippen LogP contribution in [0.25, 0.3) is 10.8 Å². The maximum atomic E-state index is 13.8. The van der Waals surface area contributed by atoms with Crippen LogP contribution in [-0.4, -0.2) is 71.6 Å². The number of carbonyl (C=O) groups is 3. The zero-order valence-corrected chi connectivity index (χ0v) is 25.2. The third-order valence-electron chi connectivity index (χ3n) is 8.76. The predicted molar refractivity (Wildman–Crippen MR) is 168 cm³/mol. The number of ether oxygens (including phenoxy) is 1. The number of aliphatic hydroxyl groups is 1. The van der Waals surface area contributed by atoms with Crippen LogP contribution in [0.1, 0.15) is 56.3 Å². The fourth-order valence-corrected chi connectivity index (χ4v) is 6.06. The van der Waals surface area contributed by atoms with Crippen LogP contribution in [0.2, 0.25) is 0 Å². The number of likely N-dealkylation sites (N-methyl/N-ethyl adjacent to an activating group) is 1. The smallest absolute Gasteiger partial charge is 0.321 e. The molecule has 1 fully saturated rings. The molecule has 3 aromatic carbocycles. The van der Waals surface area contributed by atoms with Crippen molar-refractivity contribution in [1.82, 2.24) is 9.80 Å². The molecular formula is C34H42N4O5. The van der Waals surface area contributed by atoms with E-state index in [4.69, 9.17) is 4.74 Å². The van der Waals surface area contributed by atoms with E-state index in [0.717, 1.165) is 42.9 Å². The zero-order chi connectivity index (χ0) is 30.5. The Bertz CT molecular complexity index is 1460. The molecule has 3 atom stereocenters. The number of hydrogen-bond acceptors (Lipinski definition) is 5. The molecular weight excluding hydrogens is 544 g/mol. The Morgan fingerprint density at radius 1 is 1.00 bits per heavy atom. The summed E-state index contributed by atoms with van der Waals surface area (Å²) in [5.41, 5.74) is 1.48. The van der Waals surface area contributed by atoms with Gasteiger partial charge in [-0.05, 0) is 43.4 Å². The standard InChI is InChI=1S/C34H42N4O5/c1-22-19-38(23(2)21-39)33(41)27-16-10-18-29(35-32(40)25-12-5-4-6-13-25)31(27)43-30(22)20-37(3)34(42)36-28-17-9-14-24-11-7-8-15-26(24)28/h7-11,14-18,22-23,25,30,39H,4-6,12-13,19-21H2,1-3H3,(H,35,40)(H,36,42)/t22-,23-,30-/m1/s1. The number of nitrogens with zero attached hydrogens (tertiary/aromatic N) is 2. The van der Waals surface area contributed by atoms with Gasteiger partial charge in [0, 0.05) is 30.8 Å². The number of aliphatic hydroxyl groups excluding tert-OH is 1. The second-order valence-corrected chi connectivity index (χ2v) is 12.0. The minimum atomic E-state index is -0.503. The van der Waals surface area contributed by atoms with Crippen LogP contribution in [-0.2, 0) is 4.79 Å². The van der Waals surface area contributed by atoms with Crippen LogP contribution < -0.4 is 15.4 Å². The average molecular weight is 587 g/mol. The van der Waals surface area contributed by atoms with Gasteiger partial charge in [-0.1, -0.05) is 68.7 Å². The van der Waals surface area contributed by atoms with E-state index < -0.39 is 12.1 Å². The first-order valence-electron chi connectivity index (χ1n) is 15.3. The third kappa shape index (κ3) is 6.77. The summed E-state index contributed by atoms with van der Waals surface area (Å²) in [6.07, 6.45) is 4.39. The number of fused-ring (bicyclic) bond motifs is 2. The zero-order valence-electron chi connectivity index (χ0n) is 25.2. The van der Waals surface area contributed by atoms with Gasteiger partial charge in [0.25, 0.3) is 5.91 Å². The molecule has 2 aliphatic rings. The Balaban J connectivity index is 1.42. The molecule has 9 nitrogen and oxygen atoms in total. The van der Waals surface area contributed by atoms with Gasteiger partial charge in [0.05, 0.1) is 36.1 Å². The predicted octanol–water partition coefficient (Wildman–Crippen LogP) is 5.74. The summed E-state index contributed by atoms with van der Waals surface area (Å²) in [6.45, 7) is 4.16. The molecule has 43 heavy (non-hydrogen) atoms. The fourth-order valence-electron chi connectivity index (χ4n) is 6.06. The van der Waals surface area contributed by atoms with E-state index in [1.54, 1.807) is 42.0 Å². The van der Waals surface area contributed by atoms with Crippen LogP contribution in [0, 0.1) is 11.8 Å². The van der Waals surface area contributed by atoms with Gasteiger partial charge in [-0.15, -0.1) is 0 Å². The van der Waals surface area contributed by atoms with Gasteiger partial charge in [0.15, 0.2) is 5.75 Å². The summed E-state index contributed by atoms with van der Waals surface area (Å²) in [5, 5.41) is 18.0. The van der Waals surface area contributed by atoms with E-state index in [1.165, 1.54) is 0 Å². The highest BCUT2D eigenvalue weighted by atomic mass is 16.5. The number of carbonyl (C=O) groups excluding carboxylic acids is 3. The lowest BCUT2D eigenvalue weighted by molar-refractivity contribution is -0.120. The van der Waals surface area contributed by atoms with Gasteiger partial charge in [-0.2, -0.15) is 0 Å². The van der Waals surface area contributed by atoms with E-state index in [1.807, 2.05) is 49.4 Å². The van der Waals surface area contributed by atoms with E-state index in [-0.39, 0.29) is 42.8 Å². The van der Waals surface area contributed by atoms with E-state index in [0.29, 0.717) is 29.2 Å². The number of benzene rings is 3. The number of rotatable bonds is 7. The molecule has 1 heterocycles.